The van der Waals surface area contributed by atoms with Gasteiger partial charge < -0.3 is 15.0 Å². The molecule has 0 aliphatic carbocycles. The summed E-state index contributed by atoms with van der Waals surface area (Å²) in [5.74, 6) is -0.0783. The predicted molar refractivity (Wildman–Crippen MR) is 93.3 cm³/mol. The molecular formula is C19H22N2O2. The average molecular weight is 310 g/mol. The third kappa shape index (κ3) is 3.71. The molecule has 0 radical (unpaired) electrons. The second-order valence-corrected chi connectivity index (χ2v) is 5.92. The Balaban J connectivity index is 1.69. The largest absolute Gasteiger partial charge is 0.378 e. The van der Waals surface area contributed by atoms with E-state index in [-0.39, 0.29) is 5.91 Å². The number of nitrogens with one attached hydrogen (secondary N) is 1. The zero-order valence-electron chi connectivity index (χ0n) is 13.6. The monoisotopic (exact) mass is 310 g/mol. The Morgan fingerprint density at radius 1 is 1.04 bits per heavy atom. The molecule has 1 amide bonds. The van der Waals surface area contributed by atoms with Gasteiger partial charge in [-0.1, -0.05) is 17.7 Å². The van der Waals surface area contributed by atoms with Crippen LogP contribution >= 0.6 is 0 Å². The maximum atomic E-state index is 12.4. The van der Waals surface area contributed by atoms with E-state index in [4.69, 9.17) is 4.74 Å². The van der Waals surface area contributed by atoms with Gasteiger partial charge in [0.2, 0.25) is 0 Å². The molecule has 2 aromatic rings. The van der Waals surface area contributed by atoms with Crippen molar-refractivity contribution >= 4 is 17.3 Å². The second kappa shape index (κ2) is 6.84. The number of aryl methyl sites for hydroxylation is 2. The van der Waals surface area contributed by atoms with Gasteiger partial charge >= 0.3 is 0 Å². The number of amides is 1. The van der Waals surface area contributed by atoms with Gasteiger partial charge in [-0.3, -0.25) is 4.79 Å². The molecule has 1 fully saturated rings. The van der Waals surface area contributed by atoms with Crippen LogP contribution in [0.25, 0.3) is 0 Å². The fraction of sp³-hybridized carbons (Fsp3) is 0.316. The van der Waals surface area contributed by atoms with Crippen molar-refractivity contribution in [2.45, 2.75) is 13.8 Å². The van der Waals surface area contributed by atoms with Gasteiger partial charge in [0, 0.05) is 30.0 Å². The van der Waals surface area contributed by atoms with Crippen LogP contribution in [0.3, 0.4) is 0 Å². The van der Waals surface area contributed by atoms with Gasteiger partial charge in [-0.15, -0.1) is 0 Å². The standard InChI is InChI=1S/C19H22N2O2/c1-14-3-8-18(15(2)13-14)20-19(22)16-4-6-17(7-5-16)21-9-11-23-12-10-21/h3-8,13H,9-12H2,1-2H3,(H,20,22). The Morgan fingerprint density at radius 3 is 2.39 bits per heavy atom. The quantitative estimate of drug-likeness (QED) is 0.945. The van der Waals surface area contributed by atoms with E-state index < -0.39 is 0 Å². The van der Waals surface area contributed by atoms with Crippen LogP contribution in [-0.2, 0) is 4.74 Å². The van der Waals surface area contributed by atoms with Crippen molar-refractivity contribution in [3.05, 3.63) is 59.2 Å². The van der Waals surface area contributed by atoms with Gasteiger partial charge in [-0.05, 0) is 49.7 Å². The van der Waals surface area contributed by atoms with Gasteiger partial charge in [0.05, 0.1) is 13.2 Å². The molecule has 0 spiro atoms. The molecule has 0 saturated carbocycles. The Kier molecular flexibility index (Phi) is 4.63. The zero-order valence-corrected chi connectivity index (χ0v) is 13.6. The number of carbonyl (C=O) groups excluding carboxylic acids is 1. The molecule has 0 unspecified atom stereocenters. The molecule has 3 rings (SSSR count). The van der Waals surface area contributed by atoms with Crippen LogP contribution < -0.4 is 10.2 Å². The second-order valence-electron chi connectivity index (χ2n) is 5.92. The number of morpholine rings is 1. The Bertz CT molecular complexity index is 689. The summed E-state index contributed by atoms with van der Waals surface area (Å²) in [7, 11) is 0. The number of benzene rings is 2. The maximum Gasteiger partial charge on any atom is 0.255 e. The first-order chi connectivity index (χ1) is 11.1. The number of hydrogen-bond acceptors (Lipinski definition) is 3. The van der Waals surface area contributed by atoms with Crippen LogP contribution in [0, 0.1) is 13.8 Å². The van der Waals surface area contributed by atoms with Crippen LogP contribution in [0.4, 0.5) is 11.4 Å². The van der Waals surface area contributed by atoms with Crippen molar-refractivity contribution in [3.8, 4) is 0 Å². The van der Waals surface area contributed by atoms with E-state index in [1.165, 1.54) is 5.56 Å². The highest BCUT2D eigenvalue weighted by Crippen LogP contribution is 2.19. The first-order valence-corrected chi connectivity index (χ1v) is 7.95. The first-order valence-electron chi connectivity index (χ1n) is 7.95. The minimum Gasteiger partial charge on any atom is -0.378 e. The highest BCUT2D eigenvalue weighted by atomic mass is 16.5. The number of rotatable bonds is 3. The predicted octanol–water partition coefficient (Wildman–Crippen LogP) is 3.39. The summed E-state index contributed by atoms with van der Waals surface area (Å²) >= 11 is 0. The molecule has 2 aromatic carbocycles. The van der Waals surface area contributed by atoms with Gasteiger partial charge in [-0.2, -0.15) is 0 Å². The van der Waals surface area contributed by atoms with E-state index >= 15 is 0 Å². The Hall–Kier alpha value is -2.33. The molecule has 1 heterocycles. The van der Waals surface area contributed by atoms with Crippen molar-refractivity contribution in [3.63, 3.8) is 0 Å². The SMILES string of the molecule is Cc1ccc(NC(=O)c2ccc(N3CCOCC3)cc2)c(C)c1. The molecule has 23 heavy (non-hydrogen) atoms. The Morgan fingerprint density at radius 2 is 1.74 bits per heavy atom. The lowest BCUT2D eigenvalue weighted by molar-refractivity contribution is 0.102. The van der Waals surface area contributed by atoms with Gasteiger partial charge in [0.15, 0.2) is 0 Å². The van der Waals surface area contributed by atoms with Crippen LogP contribution in [-0.4, -0.2) is 32.2 Å². The minimum atomic E-state index is -0.0783. The minimum absolute atomic E-state index is 0.0783. The van der Waals surface area contributed by atoms with Gasteiger partial charge in [0.1, 0.15) is 0 Å². The number of hydrogen-bond donors (Lipinski definition) is 1. The first kappa shape index (κ1) is 15.6. The summed E-state index contributed by atoms with van der Waals surface area (Å²) in [6.45, 7) is 7.36. The van der Waals surface area contributed by atoms with Crippen molar-refractivity contribution in [1.29, 1.82) is 0 Å². The molecule has 4 heteroatoms. The van der Waals surface area contributed by atoms with Crippen molar-refractivity contribution in [2.75, 3.05) is 36.5 Å². The van der Waals surface area contributed by atoms with Crippen LogP contribution in [0.1, 0.15) is 21.5 Å². The molecule has 1 saturated heterocycles. The summed E-state index contributed by atoms with van der Waals surface area (Å²) in [4.78, 5) is 14.7. The highest BCUT2D eigenvalue weighted by molar-refractivity contribution is 6.04. The summed E-state index contributed by atoms with van der Waals surface area (Å²) in [5, 5.41) is 2.98. The zero-order chi connectivity index (χ0) is 16.2. The number of carbonyl (C=O) groups is 1. The highest BCUT2D eigenvalue weighted by Gasteiger charge is 2.12. The normalized spacial score (nSPS) is 14.6. The van der Waals surface area contributed by atoms with E-state index in [2.05, 4.69) is 16.3 Å². The lowest BCUT2D eigenvalue weighted by Gasteiger charge is -2.28. The molecule has 120 valence electrons. The number of anilines is 2. The summed E-state index contributed by atoms with van der Waals surface area (Å²) < 4.78 is 5.36. The van der Waals surface area contributed by atoms with Crippen molar-refractivity contribution in [2.24, 2.45) is 0 Å². The van der Waals surface area contributed by atoms with Crippen LogP contribution in [0.2, 0.25) is 0 Å². The van der Waals surface area contributed by atoms with E-state index in [1.807, 2.05) is 50.2 Å². The smallest absolute Gasteiger partial charge is 0.255 e. The molecule has 0 aromatic heterocycles. The third-order valence-corrected chi connectivity index (χ3v) is 4.14. The lowest BCUT2D eigenvalue weighted by atomic mass is 10.1. The number of nitrogens with zero attached hydrogens (tertiary/aromatic N) is 1. The molecular weight excluding hydrogens is 288 g/mol. The lowest BCUT2D eigenvalue weighted by Crippen LogP contribution is -2.36. The number of ether oxygens (including phenoxy) is 1. The van der Waals surface area contributed by atoms with Crippen LogP contribution in [0.15, 0.2) is 42.5 Å². The van der Waals surface area contributed by atoms with E-state index in [1.54, 1.807) is 0 Å². The van der Waals surface area contributed by atoms with Crippen molar-refractivity contribution < 1.29 is 9.53 Å². The van der Waals surface area contributed by atoms with Crippen LogP contribution in [0.5, 0.6) is 0 Å². The van der Waals surface area contributed by atoms with E-state index in [0.29, 0.717) is 5.56 Å². The summed E-state index contributed by atoms with van der Waals surface area (Å²) in [6, 6.07) is 13.8. The van der Waals surface area contributed by atoms with E-state index in [0.717, 1.165) is 43.2 Å². The van der Waals surface area contributed by atoms with Gasteiger partial charge in [-0.25, -0.2) is 0 Å². The fourth-order valence-electron chi connectivity index (χ4n) is 2.79. The molecule has 1 aliphatic rings. The molecule has 0 bridgehead atoms. The maximum absolute atomic E-state index is 12.4. The van der Waals surface area contributed by atoms with Crippen molar-refractivity contribution in [1.82, 2.24) is 0 Å². The Labute approximate surface area is 137 Å². The summed E-state index contributed by atoms with van der Waals surface area (Å²) in [6.07, 6.45) is 0. The molecule has 1 N–H and O–H groups in total. The molecule has 4 nitrogen and oxygen atoms in total. The average Bonchev–Trinajstić information content (AvgIpc) is 2.58. The summed E-state index contributed by atoms with van der Waals surface area (Å²) in [5.41, 5.74) is 4.93. The van der Waals surface area contributed by atoms with E-state index in [9.17, 15) is 4.79 Å². The topological polar surface area (TPSA) is 41.6 Å². The third-order valence-electron chi connectivity index (χ3n) is 4.14. The fourth-order valence-corrected chi connectivity index (χ4v) is 2.79. The van der Waals surface area contributed by atoms with Gasteiger partial charge in [0.25, 0.3) is 5.91 Å². The molecule has 0 atom stereocenters. The molecule has 1 aliphatic heterocycles.